The minimum Gasteiger partial charge on any atom is -0.493 e. The van der Waals surface area contributed by atoms with Crippen LogP contribution in [-0.2, 0) is 12.7 Å². The van der Waals surface area contributed by atoms with Crippen LogP contribution in [0.1, 0.15) is 21.5 Å². The summed E-state index contributed by atoms with van der Waals surface area (Å²) in [4.78, 5) is 15.6. The van der Waals surface area contributed by atoms with E-state index in [1.54, 1.807) is 24.3 Å². The molecule has 1 aromatic heterocycles. The van der Waals surface area contributed by atoms with Gasteiger partial charge in [0.25, 0.3) is 0 Å². The fraction of sp³-hybridized carbons (Fsp3) is 0.182. The molecule has 0 aliphatic carbocycles. The molecule has 31 heavy (non-hydrogen) atoms. The summed E-state index contributed by atoms with van der Waals surface area (Å²) in [5.74, 6) is 0.420. The summed E-state index contributed by atoms with van der Waals surface area (Å²) in [6, 6.07) is 11.6. The summed E-state index contributed by atoms with van der Waals surface area (Å²) in [6.07, 6.45) is -3.21. The molecular formula is C22H20F3N3O3. The van der Waals surface area contributed by atoms with E-state index in [4.69, 9.17) is 15.2 Å². The average molecular weight is 431 g/mol. The lowest BCUT2D eigenvalue weighted by atomic mass is 9.97. The number of halogens is 3. The number of aromatic nitrogens is 1. The lowest BCUT2D eigenvalue weighted by Crippen LogP contribution is -2.15. The molecule has 0 spiro atoms. The SMILES string of the molecule is COc1ccc(CNc2ncccc2-c2ccc(C(N)=O)cc2C(F)(F)F)cc1OC. The van der Waals surface area contributed by atoms with Gasteiger partial charge in [-0.3, -0.25) is 4.79 Å². The zero-order valence-electron chi connectivity index (χ0n) is 16.8. The number of benzene rings is 2. The number of ether oxygens (including phenoxy) is 2. The van der Waals surface area contributed by atoms with Crippen molar-refractivity contribution in [2.45, 2.75) is 12.7 Å². The molecule has 0 saturated carbocycles. The highest BCUT2D eigenvalue weighted by atomic mass is 19.4. The molecule has 6 nitrogen and oxygen atoms in total. The van der Waals surface area contributed by atoms with Gasteiger partial charge >= 0.3 is 6.18 Å². The topological polar surface area (TPSA) is 86.5 Å². The Hall–Kier alpha value is -3.75. The highest BCUT2D eigenvalue weighted by Crippen LogP contribution is 2.39. The maximum absolute atomic E-state index is 13.7. The van der Waals surface area contributed by atoms with Crippen LogP contribution in [0.25, 0.3) is 11.1 Å². The molecule has 3 rings (SSSR count). The van der Waals surface area contributed by atoms with Crippen LogP contribution < -0.4 is 20.5 Å². The highest BCUT2D eigenvalue weighted by molar-refractivity contribution is 5.94. The number of nitrogens with one attached hydrogen (secondary N) is 1. The van der Waals surface area contributed by atoms with Crippen LogP contribution >= 0.6 is 0 Å². The molecule has 0 bridgehead atoms. The monoisotopic (exact) mass is 431 g/mol. The molecule has 3 N–H and O–H groups in total. The standard InChI is InChI=1S/C22H20F3N3O3/c1-30-18-8-5-13(10-19(18)31-2)12-28-21-16(4-3-9-27-21)15-7-6-14(20(26)29)11-17(15)22(23,24)25/h3-11H,12H2,1-2H3,(H2,26,29)(H,27,28). The van der Waals surface area contributed by atoms with Crippen LogP contribution in [0.2, 0.25) is 0 Å². The molecule has 0 fully saturated rings. The third-order valence-electron chi connectivity index (χ3n) is 4.62. The van der Waals surface area contributed by atoms with E-state index >= 15 is 0 Å². The Morgan fingerprint density at radius 2 is 1.77 bits per heavy atom. The Bertz CT molecular complexity index is 1100. The van der Waals surface area contributed by atoms with Gasteiger partial charge < -0.3 is 20.5 Å². The Kier molecular flexibility index (Phi) is 6.33. The van der Waals surface area contributed by atoms with Gasteiger partial charge in [0.05, 0.1) is 19.8 Å². The van der Waals surface area contributed by atoms with E-state index in [-0.39, 0.29) is 29.1 Å². The van der Waals surface area contributed by atoms with Crippen molar-refractivity contribution >= 4 is 11.7 Å². The minimum atomic E-state index is -4.68. The number of methoxy groups -OCH3 is 2. The predicted octanol–water partition coefficient (Wildman–Crippen LogP) is 4.50. The summed E-state index contributed by atoms with van der Waals surface area (Å²) in [6.45, 7) is 0.283. The summed E-state index contributed by atoms with van der Waals surface area (Å²) in [5, 5.41) is 3.07. The maximum Gasteiger partial charge on any atom is 0.417 e. The van der Waals surface area contributed by atoms with Crippen LogP contribution in [0.5, 0.6) is 11.5 Å². The number of hydrogen-bond donors (Lipinski definition) is 2. The van der Waals surface area contributed by atoms with Gasteiger partial charge in [-0.2, -0.15) is 13.2 Å². The Balaban J connectivity index is 1.97. The van der Waals surface area contributed by atoms with Crippen molar-refractivity contribution in [1.29, 1.82) is 0 Å². The van der Waals surface area contributed by atoms with Crippen molar-refractivity contribution < 1.29 is 27.4 Å². The van der Waals surface area contributed by atoms with Crippen LogP contribution in [0.4, 0.5) is 19.0 Å². The number of carbonyl (C=O) groups is 1. The van der Waals surface area contributed by atoms with E-state index < -0.39 is 17.6 Å². The van der Waals surface area contributed by atoms with Crippen LogP contribution in [0, 0.1) is 0 Å². The van der Waals surface area contributed by atoms with E-state index in [0.717, 1.165) is 11.6 Å². The summed E-state index contributed by atoms with van der Waals surface area (Å²) in [5.41, 5.74) is 4.91. The lowest BCUT2D eigenvalue weighted by Gasteiger charge is -2.17. The fourth-order valence-corrected chi connectivity index (χ4v) is 3.11. The van der Waals surface area contributed by atoms with Gasteiger partial charge in [-0.05, 0) is 47.5 Å². The summed E-state index contributed by atoms with van der Waals surface area (Å²) >= 11 is 0. The summed E-state index contributed by atoms with van der Waals surface area (Å²) in [7, 11) is 3.04. The Morgan fingerprint density at radius 3 is 2.42 bits per heavy atom. The first-order valence-corrected chi connectivity index (χ1v) is 9.15. The molecule has 1 heterocycles. The first-order valence-electron chi connectivity index (χ1n) is 9.15. The van der Waals surface area contributed by atoms with Crippen LogP contribution in [0.15, 0.2) is 54.7 Å². The molecule has 9 heteroatoms. The Labute approximate surface area is 176 Å². The number of amides is 1. The third kappa shape index (κ3) is 4.88. The number of alkyl halides is 3. The van der Waals surface area contributed by atoms with Gasteiger partial charge in [-0.25, -0.2) is 4.98 Å². The average Bonchev–Trinajstić information content (AvgIpc) is 2.76. The zero-order chi connectivity index (χ0) is 22.6. The molecule has 0 radical (unpaired) electrons. The first kappa shape index (κ1) is 21.9. The largest absolute Gasteiger partial charge is 0.493 e. The molecule has 2 aromatic carbocycles. The van der Waals surface area contributed by atoms with Crippen molar-refractivity contribution in [1.82, 2.24) is 4.98 Å². The lowest BCUT2D eigenvalue weighted by molar-refractivity contribution is -0.137. The molecular weight excluding hydrogens is 411 g/mol. The molecule has 3 aromatic rings. The maximum atomic E-state index is 13.7. The minimum absolute atomic E-state index is 0.111. The second kappa shape index (κ2) is 8.95. The van der Waals surface area contributed by atoms with Crippen molar-refractivity contribution in [3.8, 4) is 22.6 Å². The molecule has 162 valence electrons. The van der Waals surface area contributed by atoms with Crippen molar-refractivity contribution in [2.75, 3.05) is 19.5 Å². The third-order valence-corrected chi connectivity index (χ3v) is 4.62. The van der Waals surface area contributed by atoms with Crippen molar-refractivity contribution in [2.24, 2.45) is 5.73 Å². The van der Waals surface area contributed by atoms with Crippen molar-refractivity contribution in [3.05, 3.63) is 71.4 Å². The van der Waals surface area contributed by atoms with Crippen LogP contribution in [-0.4, -0.2) is 25.1 Å². The van der Waals surface area contributed by atoms with Gasteiger partial charge in [-0.1, -0.05) is 12.1 Å². The van der Waals surface area contributed by atoms with Crippen LogP contribution in [0.3, 0.4) is 0 Å². The number of anilines is 1. The molecule has 1 amide bonds. The number of nitrogens with two attached hydrogens (primary N) is 1. The predicted molar refractivity (Wildman–Crippen MR) is 110 cm³/mol. The van der Waals surface area contributed by atoms with Gasteiger partial charge in [0.2, 0.25) is 5.91 Å². The number of primary amides is 1. The van der Waals surface area contributed by atoms with Gasteiger partial charge in [0, 0.05) is 23.9 Å². The molecule has 0 atom stereocenters. The number of rotatable bonds is 7. The van der Waals surface area contributed by atoms with E-state index in [2.05, 4.69) is 10.3 Å². The molecule has 0 unspecified atom stereocenters. The van der Waals surface area contributed by atoms with Gasteiger partial charge in [-0.15, -0.1) is 0 Å². The highest BCUT2D eigenvalue weighted by Gasteiger charge is 2.35. The van der Waals surface area contributed by atoms with E-state index in [1.807, 2.05) is 0 Å². The zero-order valence-corrected chi connectivity index (χ0v) is 16.8. The first-order chi connectivity index (χ1) is 14.7. The number of pyridine rings is 1. The Morgan fingerprint density at radius 1 is 1.03 bits per heavy atom. The van der Waals surface area contributed by atoms with Crippen molar-refractivity contribution in [3.63, 3.8) is 0 Å². The second-order valence-electron chi connectivity index (χ2n) is 6.56. The second-order valence-corrected chi connectivity index (χ2v) is 6.56. The fourth-order valence-electron chi connectivity index (χ4n) is 3.11. The number of nitrogens with zero attached hydrogens (tertiary/aromatic N) is 1. The molecule has 0 saturated heterocycles. The number of hydrogen-bond acceptors (Lipinski definition) is 5. The quantitative estimate of drug-likeness (QED) is 0.576. The van der Waals surface area contributed by atoms with Gasteiger partial charge in [0.15, 0.2) is 11.5 Å². The molecule has 0 aliphatic rings. The van der Waals surface area contributed by atoms with E-state index in [1.165, 1.54) is 38.6 Å². The van der Waals surface area contributed by atoms with E-state index in [0.29, 0.717) is 11.5 Å². The number of carbonyl (C=O) groups excluding carboxylic acids is 1. The molecule has 0 aliphatic heterocycles. The van der Waals surface area contributed by atoms with Gasteiger partial charge in [0.1, 0.15) is 5.82 Å². The normalized spacial score (nSPS) is 11.1. The van der Waals surface area contributed by atoms with E-state index in [9.17, 15) is 18.0 Å². The smallest absolute Gasteiger partial charge is 0.417 e. The summed E-state index contributed by atoms with van der Waals surface area (Å²) < 4.78 is 51.6.